The van der Waals surface area contributed by atoms with Gasteiger partial charge >= 0.3 is 0 Å². The van der Waals surface area contributed by atoms with Crippen LogP contribution in [0.3, 0.4) is 0 Å². The molecule has 1 N–H and O–H groups in total. The minimum Gasteiger partial charge on any atom is -0.381 e. The predicted octanol–water partition coefficient (Wildman–Crippen LogP) is 1.73. The zero-order valence-corrected chi connectivity index (χ0v) is 10.9. The lowest BCUT2D eigenvalue weighted by molar-refractivity contribution is 0.0774. The zero-order chi connectivity index (χ0) is 12.1. The van der Waals surface area contributed by atoms with Crippen molar-refractivity contribution in [2.75, 3.05) is 13.2 Å². The van der Waals surface area contributed by atoms with E-state index in [-0.39, 0.29) is 0 Å². The fourth-order valence-electron chi connectivity index (χ4n) is 2.25. The van der Waals surface area contributed by atoms with E-state index in [0.29, 0.717) is 6.04 Å². The summed E-state index contributed by atoms with van der Waals surface area (Å²) in [5.74, 6) is 0. The van der Waals surface area contributed by atoms with Crippen LogP contribution in [0.1, 0.15) is 38.1 Å². The van der Waals surface area contributed by atoms with Crippen molar-refractivity contribution < 1.29 is 4.74 Å². The van der Waals surface area contributed by atoms with E-state index in [2.05, 4.69) is 35.0 Å². The molecule has 1 aliphatic heterocycles. The molecule has 17 heavy (non-hydrogen) atoms. The minimum atomic E-state index is 0.606. The number of rotatable bonds is 5. The summed E-state index contributed by atoms with van der Waals surface area (Å²) < 4.78 is 7.46. The van der Waals surface area contributed by atoms with Gasteiger partial charge < -0.3 is 10.1 Å². The third kappa shape index (κ3) is 3.30. The van der Waals surface area contributed by atoms with Gasteiger partial charge in [0.2, 0.25) is 0 Å². The summed E-state index contributed by atoms with van der Waals surface area (Å²) in [6.07, 6.45) is 3.26. The molecule has 1 aromatic rings. The highest BCUT2D eigenvalue weighted by molar-refractivity contribution is 5.10. The average Bonchev–Trinajstić information content (AvgIpc) is 2.80. The van der Waals surface area contributed by atoms with E-state index in [4.69, 9.17) is 4.74 Å². The van der Waals surface area contributed by atoms with Crippen molar-refractivity contribution >= 4 is 0 Å². The Morgan fingerprint density at radius 3 is 2.82 bits per heavy atom. The molecule has 0 bridgehead atoms. The van der Waals surface area contributed by atoms with Crippen LogP contribution in [0.2, 0.25) is 0 Å². The molecule has 4 heteroatoms. The van der Waals surface area contributed by atoms with Crippen LogP contribution in [0, 0.1) is 0 Å². The molecule has 4 nitrogen and oxygen atoms in total. The van der Waals surface area contributed by atoms with Gasteiger partial charge in [0.05, 0.1) is 11.4 Å². The number of aryl methyl sites for hydroxylation is 2. The van der Waals surface area contributed by atoms with Crippen LogP contribution in [0.25, 0.3) is 0 Å². The van der Waals surface area contributed by atoms with Crippen LogP contribution in [0.5, 0.6) is 0 Å². The largest absolute Gasteiger partial charge is 0.381 e. The maximum atomic E-state index is 5.36. The first-order valence-electron chi connectivity index (χ1n) is 6.70. The molecule has 1 saturated heterocycles. The summed E-state index contributed by atoms with van der Waals surface area (Å²) in [7, 11) is 0. The van der Waals surface area contributed by atoms with E-state index >= 15 is 0 Å². The van der Waals surface area contributed by atoms with Crippen LogP contribution in [-0.4, -0.2) is 29.0 Å². The van der Waals surface area contributed by atoms with E-state index < -0.39 is 0 Å². The Morgan fingerprint density at radius 2 is 2.18 bits per heavy atom. The summed E-state index contributed by atoms with van der Waals surface area (Å²) in [4.78, 5) is 0. The normalized spacial score (nSPS) is 17.5. The van der Waals surface area contributed by atoms with Crippen LogP contribution in [0.4, 0.5) is 0 Å². The fraction of sp³-hybridized carbons (Fsp3) is 0.769. The van der Waals surface area contributed by atoms with Crippen LogP contribution in [-0.2, 0) is 24.2 Å². The molecule has 0 saturated carbocycles. The van der Waals surface area contributed by atoms with E-state index in [1.54, 1.807) is 0 Å². The molecule has 2 heterocycles. The summed E-state index contributed by atoms with van der Waals surface area (Å²) in [6, 6.07) is 2.82. The van der Waals surface area contributed by atoms with Crippen molar-refractivity contribution in [1.29, 1.82) is 0 Å². The Balaban J connectivity index is 1.90. The van der Waals surface area contributed by atoms with Crippen molar-refractivity contribution in [1.82, 2.24) is 15.1 Å². The Kier molecular flexibility index (Phi) is 4.57. The average molecular weight is 237 g/mol. The Morgan fingerprint density at radius 1 is 1.41 bits per heavy atom. The molecule has 0 spiro atoms. The van der Waals surface area contributed by atoms with Crippen LogP contribution in [0.15, 0.2) is 6.07 Å². The highest BCUT2D eigenvalue weighted by atomic mass is 16.5. The number of nitrogens with zero attached hydrogens (tertiary/aromatic N) is 2. The maximum Gasteiger partial charge on any atom is 0.0625 e. The van der Waals surface area contributed by atoms with Crippen molar-refractivity contribution in [3.63, 3.8) is 0 Å². The van der Waals surface area contributed by atoms with E-state index in [1.807, 2.05) is 0 Å². The van der Waals surface area contributed by atoms with Crippen molar-refractivity contribution in [3.05, 3.63) is 17.5 Å². The molecule has 2 rings (SSSR count). The van der Waals surface area contributed by atoms with E-state index in [9.17, 15) is 0 Å². The van der Waals surface area contributed by atoms with Gasteiger partial charge in [-0.15, -0.1) is 0 Å². The van der Waals surface area contributed by atoms with Gasteiger partial charge in [-0.3, -0.25) is 4.68 Å². The summed E-state index contributed by atoms with van der Waals surface area (Å²) in [5.41, 5.74) is 2.49. The van der Waals surface area contributed by atoms with Crippen LogP contribution < -0.4 is 5.32 Å². The Hall–Kier alpha value is -0.870. The smallest absolute Gasteiger partial charge is 0.0625 e. The number of hydrogen-bond donors (Lipinski definition) is 1. The lowest BCUT2D eigenvalue weighted by Crippen LogP contribution is -2.34. The number of aromatic nitrogens is 2. The molecule has 0 radical (unpaired) electrons. The van der Waals surface area contributed by atoms with Crippen LogP contribution >= 0.6 is 0 Å². The van der Waals surface area contributed by atoms with Gasteiger partial charge in [-0.2, -0.15) is 5.10 Å². The third-order valence-electron chi connectivity index (χ3n) is 3.37. The number of nitrogens with one attached hydrogen (secondary N) is 1. The molecule has 0 unspecified atom stereocenters. The zero-order valence-electron chi connectivity index (χ0n) is 10.9. The summed E-state index contributed by atoms with van der Waals surface area (Å²) in [6.45, 7) is 7.95. The van der Waals surface area contributed by atoms with E-state index in [1.165, 1.54) is 11.4 Å². The minimum absolute atomic E-state index is 0.606. The first-order valence-corrected chi connectivity index (χ1v) is 6.70. The van der Waals surface area contributed by atoms with Gasteiger partial charge in [-0.05, 0) is 32.3 Å². The highest BCUT2D eigenvalue weighted by Crippen LogP contribution is 2.09. The summed E-state index contributed by atoms with van der Waals surface area (Å²) >= 11 is 0. The first kappa shape index (κ1) is 12.6. The fourth-order valence-corrected chi connectivity index (χ4v) is 2.25. The Labute approximate surface area is 103 Å². The second-order valence-corrected chi connectivity index (χ2v) is 4.56. The molecular weight excluding hydrogens is 214 g/mol. The maximum absolute atomic E-state index is 5.36. The molecule has 1 aromatic heterocycles. The predicted molar refractivity (Wildman–Crippen MR) is 68.0 cm³/mol. The molecule has 0 amide bonds. The molecule has 0 atom stereocenters. The third-order valence-corrected chi connectivity index (χ3v) is 3.37. The van der Waals surface area contributed by atoms with Gasteiger partial charge in [-0.25, -0.2) is 0 Å². The Bertz CT molecular complexity index is 342. The molecule has 96 valence electrons. The molecular formula is C13H23N3O. The van der Waals surface area contributed by atoms with Gasteiger partial charge in [0.15, 0.2) is 0 Å². The quantitative estimate of drug-likeness (QED) is 0.847. The molecule has 1 fully saturated rings. The lowest BCUT2D eigenvalue weighted by atomic mass is 10.1. The number of hydrogen-bond acceptors (Lipinski definition) is 3. The lowest BCUT2D eigenvalue weighted by Gasteiger charge is -2.23. The summed E-state index contributed by atoms with van der Waals surface area (Å²) in [5, 5.41) is 8.17. The van der Waals surface area contributed by atoms with Gasteiger partial charge in [0.1, 0.15) is 0 Å². The first-order chi connectivity index (χ1) is 8.33. The second-order valence-electron chi connectivity index (χ2n) is 4.56. The topological polar surface area (TPSA) is 39.1 Å². The van der Waals surface area contributed by atoms with Gasteiger partial charge in [0, 0.05) is 32.3 Å². The van der Waals surface area contributed by atoms with Crippen molar-refractivity contribution in [2.45, 2.75) is 52.2 Å². The molecule has 0 aromatic carbocycles. The van der Waals surface area contributed by atoms with Gasteiger partial charge in [0.25, 0.3) is 0 Å². The highest BCUT2D eigenvalue weighted by Gasteiger charge is 2.14. The standard InChI is InChI=1S/C13H23N3O/c1-3-11-9-13(16(4-2)15-11)10-14-12-5-7-17-8-6-12/h9,12,14H,3-8,10H2,1-2H3. The van der Waals surface area contributed by atoms with Gasteiger partial charge in [-0.1, -0.05) is 6.92 Å². The van der Waals surface area contributed by atoms with E-state index in [0.717, 1.165) is 45.6 Å². The van der Waals surface area contributed by atoms with Crippen molar-refractivity contribution in [2.24, 2.45) is 0 Å². The molecule has 1 aliphatic rings. The monoisotopic (exact) mass is 237 g/mol. The number of ether oxygens (including phenoxy) is 1. The van der Waals surface area contributed by atoms with Crippen molar-refractivity contribution in [3.8, 4) is 0 Å². The SMILES string of the molecule is CCc1cc(CNC2CCOCC2)n(CC)n1. The second kappa shape index (κ2) is 6.17. The molecule has 0 aliphatic carbocycles.